The van der Waals surface area contributed by atoms with E-state index in [4.69, 9.17) is 23.2 Å². The van der Waals surface area contributed by atoms with Gasteiger partial charge in [0.1, 0.15) is 0 Å². The van der Waals surface area contributed by atoms with Crippen molar-refractivity contribution in [1.82, 2.24) is 4.98 Å². The SMILES string of the molecule is Cc1nc2cc(CS(=O)(=O)c3cc(Cl)ccc3Cl)ccc2s1. The van der Waals surface area contributed by atoms with E-state index in [0.29, 0.717) is 10.6 Å². The summed E-state index contributed by atoms with van der Waals surface area (Å²) < 4.78 is 26.2. The van der Waals surface area contributed by atoms with Crippen LogP contribution in [0.4, 0.5) is 0 Å². The van der Waals surface area contributed by atoms with E-state index in [-0.39, 0.29) is 15.7 Å². The normalized spacial score (nSPS) is 12.0. The fraction of sp³-hybridized carbons (Fsp3) is 0.133. The lowest BCUT2D eigenvalue weighted by Gasteiger charge is -2.07. The molecule has 0 bridgehead atoms. The number of nitrogens with zero attached hydrogens (tertiary/aromatic N) is 1. The topological polar surface area (TPSA) is 47.0 Å². The first-order valence-corrected chi connectivity index (χ1v) is 9.61. The van der Waals surface area contributed by atoms with E-state index in [0.717, 1.165) is 15.2 Å². The summed E-state index contributed by atoms with van der Waals surface area (Å²) in [7, 11) is -3.57. The fourth-order valence-corrected chi connectivity index (χ4v) is 5.15. The number of sulfone groups is 1. The third kappa shape index (κ3) is 3.13. The quantitative estimate of drug-likeness (QED) is 0.658. The number of fused-ring (bicyclic) bond motifs is 1. The van der Waals surface area contributed by atoms with Crippen molar-refractivity contribution in [2.75, 3.05) is 0 Å². The van der Waals surface area contributed by atoms with Crippen molar-refractivity contribution < 1.29 is 8.42 Å². The molecular formula is C15H11Cl2NO2S2. The number of rotatable bonds is 3. The van der Waals surface area contributed by atoms with Gasteiger partial charge in [-0.05, 0) is 42.8 Å². The van der Waals surface area contributed by atoms with Crippen LogP contribution in [-0.4, -0.2) is 13.4 Å². The lowest BCUT2D eigenvalue weighted by atomic mass is 10.2. The Hall–Kier alpha value is -1.14. The molecule has 1 heterocycles. The van der Waals surface area contributed by atoms with Gasteiger partial charge in [0, 0.05) is 5.02 Å². The molecule has 0 aliphatic rings. The summed E-state index contributed by atoms with van der Waals surface area (Å²) in [5, 5.41) is 1.47. The molecule has 0 fully saturated rings. The molecule has 0 aliphatic carbocycles. The van der Waals surface area contributed by atoms with Crippen molar-refractivity contribution in [3.05, 3.63) is 57.0 Å². The smallest absolute Gasteiger partial charge is 0.184 e. The molecule has 1 aromatic heterocycles. The Labute approximate surface area is 142 Å². The summed E-state index contributed by atoms with van der Waals surface area (Å²) >= 11 is 13.5. The van der Waals surface area contributed by atoms with E-state index in [2.05, 4.69) is 4.98 Å². The van der Waals surface area contributed by atoms with E-state index in [1.807, 2.05) is 13.0 Å². The molecule has 0 unspecified atom stereocenters. The fourth-order valence-electron chi connectivity index (χ4n) is 2.19. The second kappa shape index (κ2) is 5.81. The van der Waals surface area contributed by atoms with Crippen LogP contribution in [0.5, 0.6) is 0 Å². The first-order chi connectivity index (χ1) is 10.3. The maximum atomic E-state index is 12.6. The first kappa shape index (κ1) is 15.7. The van der Waals surface area contributed by atoms with Crippen molar-refractivity contribution in [2.45, 2.75) is 17.6 Å². The molecule has 2 aromatic carbocycles. The highest BCUT2D eigenvalue weighted by molar-refractivity contribution is 7.90. The minimum atomic E-state index is -3.57. The molecule has 7 heteroatoms. The molecule has 0 saturated carbocycles. The second-order valence-electron chi connectivity index (χ2n) is 4.87. The van der Waals surface area contributed by atoms with Gasteiger partial charge < -0.3 is 0 Å². The van der Waals surface area contributed by atoms with E-state index in [1.54, 1.807) is 29.5 Å². The second-order valence-corrected chi connectivity index (χ2v) is 8.91. The van der Waals surface area contributed by atoms with E-state index >= 15 is 0 Å². The van der Waals surface area contributed by atoms with Crippen molar-refractivity contribution >= 4 is 54.6 Å². The van der Waals surface area contributed by atoms with Crippen LogP contribution >= 0.6 is 34.5 Å². The van der Waals surface area contributed by atoms with Crippen LogP contribution in [0.2, 0.25) is 10.0 Å². The third-order valence-electron chi connectivity index (χ3n) is 3.14. The number of halogens is 2. The van der Waals surface area contributed by atoms with Crippen molar-refractivity contribution in [3.63, 3.8) is 0 Å². The van der Waals surface area contributed by atoms with Crippen LogP contribution in [0, 0.1) is 6.92 Å². The van der Waals surface area contributed by atoms with Crippen LogP contribution < -0.4 is 0 Å². The minimum absolute atomic E-state index is 0.0521. The zero-order valence-electron chi connectivity index (χ0n) is 11.5. The maximum Gasteiger partial charge on any atom is 0.184 e. The van der Waals surface area contributed by atoms with Gasteiger partial charge in [-0.1, -0.05) is 29.3 Å². The van der Waals surface area contributed by atoms with Gasteiger partial charge in [0.2, 0.25) is 0 Å². The molecule has 0 spiro atoms. The number of aryl methyl sites for hydroxylation is 1. The molecule has 3 aromatic rings. The van der Waals surface area contributed by atoms with Crippen LogP contribution in [-0.2, 0) is 15.6 Å². The molecule has 0 amide bonds. The van der Waals surface area contributed by atoms with Gasteiger partial charge in [0.05, 0.1) is 30.9 Å². The number of benzene rings is 2. The Morgan fingerprint density at radius 1 is 1.14 bits per heavy atom. The van der Waals surface area contributed by atoms with Gasteiger partial charge >= 0.3 is 0 Å². The molecule has 3 nitrogen and oxygen atoms in total. The molecule has 0 aliphatic heterocycles. The lowest BCUT2D eigenvalue weighted by Crippen LogP contribution is -2.05. The molecule has 0 atom stereocenters. The number of hydrogen-bond acceptors (Lipinski definition) is 4. The average Bonchev–Trinajstić information content (AvgIpc) is 2.80. The summed E-state index contributed by atoms with van der Waals surface area (Å²) in [5.41, 5.74) is 1.49. The number of hydrogen-bond donors (Lipinski definition) is 0. The zero-order valence-corrected chi connectivity index (χ0v) is 14.7. The van der Waals surface area contributed by atoms with E-state index in [1.165, 1.54) is 12.1 Å². The number of aromatic nitrogens is 1. The summed E-state index contributed by atoms with van der Waals surface area (Å²) in [6.07, 6.45) is 0. The predicted octanol–water partition coefficient (Wildman–Crippen LogP) is 4.89. The molecular weight excluding hydrogens is 361 g/mol. The van der Waals surface area contributed by atoms with Gasteiger partial charge in [0.15, 0.2) is 9.84 Å². The Kier molecular flexibility index (Phi) is 4.16. The first-order valence-electron chi connectivity index (χ1n) is 6.39. The highest BCUT2D eigenvalue weighted by Gasteiger charge is 2.19. The Balaban J connectivity index is 2.00. The van der Waals surface area contributed by atoms with Crippen LogP contribution in [0.1, 0.15) is 10.6 Å². The highest BCUT2D eigenvalue weighted by Crippen LogP contribution is 2.29. The standard InChI is InChI=1S/C15H11Cl2NO2S2/c1-9-18-13-6-10(2-5-14(13)21-9)8-22(19,20)15-7-11(16)3-4-12(15)17/h2-7H,8H2,1H3. The van der Waals surface area contributed by atoms with Crippen LogP contribution in [0.3, 0.4) is 0 Å². The molecule has 0 saturated heterocycles. The molecule has 3 rings (SSSR count). The largest absolute Gasteiger partial charge is 0.242 e. The van der Waals surface area contributed by atoms with Gasteiger partial charge in [-0.15, -0.1) is 11.3 Å². The monoisotopic (exact) mass is 371 g/mol. The summed E-state index contributed by atoms with van der Waals surface area (Å²) in [6, 6.07) is 9.93. The van der Waals surface area contributed by atoms with Crippen molar-refractivity contribution in [2.24, 2.45) is 0 Å². The van der Waals surface area contributed by atoms with Crippen molar-refractivity contribution in [3.8, 4) is 0 Å². The molecule has 0 N–H and O–H groups in total. The lowest BCUT2D eigenvalue weighted by molar-refractivity contribution is 0.595. The Morgan fingerprint density at radius 2 is 1.91 bits per heavy atom. The van der Waals surface area contributed by atoms with Crippen LogP contribution in [0.15, 0.2) is 41.3 Å². The molecule has 114 valence electrons. The van der Waals surface area contributed by atoms with Gasteiger partial charge in [-0.25, -0.2) is 13.4 Å². The van der Waals surface area contributed by atoms with Crippen molar-refractivity contribution in [1.29, 1.82) is 0 Å². The Morgan fingerprint density at radius 3 is 2.68 bits per heavy atom. The molecule has 0 radical (unpaired) electrons. The maximum absolute atomic E-state index is 12.6. The third-order valence-corrected chi connectivity index (χ3v) is 6.49. The molecule has 22 heavy (non-hydrogen) atoms. The summed E-state index contributed by atoms with van der Waals surface area (Å²) in [4.78, 5) is 4.44. The van der Waals surface area contributed by atoms with Crippen LogP contribution in [0.25, 0.3) is 10.2 Å². The summed E-state index contributed by atoms with van der Waals surface area (Å²) in [5.74, 6) is -0.139. The van der Waals surface area contributed by atoms with Gasteiger partial charge in [0.25, 0.3) is 0 Å². The van der Waals surface area contributed by atoms with E-state index < -0.39 is 9.84 Å². The zero-order chi connectivity index (χ0) is 15.9. The highest BCUT2D eigenvalue weighted by atomic mass is 35.5. The predicted molar refractivity (Wildman–Crippen MR) is 91.7 cm³/mol. The number of thiazole rings is 1. The minimum Gasteiger partial charge on any atom is -0.242 e. The van der Waals surface area contributed by atoms with Gasteiger partial charge in [-0.2, -0.15) is 0 Å². The summed E-state index contributed by atoms with van der Waals surface area (Å²) in [6.45, 7) is 1.92. The van der Waals surface area contributed by atoms with Gasteiger partial charge in [-0.3, -0.25) is 0 Å². The van der Waals surface area contributed by atoms with E-state index in [9.17, 15) is 8.42 Å². The Bertz CT molecular complexity index is 965. The average molecular weight is 372 g/mol.